The second-order valence-corrected chi connectivity index (χ2v) is 11.9. The Morgan fingerprint density at radius 1 is 0.840 bits per heavy atom. The maximum absolute atomic E-state index is 6.63. The highest BCUT2D eigenvalue weighted by Crippen LogP contribution is 2.49. The van der Waals surface area contributed by atoms with E-state index in [1.54, 1.807) is 0 Å². The van der Waals surface area contributed by atoms with Gasteiger partial charge in [0.05, 0.1) is 12.0 Å². The fourth-order valence-electron chi connectivity index (χ4n) is 4.04. The molecule has 0 atom stereocenters. The second-order valence-electron chi connectivity index (χ2n) is 7.61. The fraction of sp³-hybridized carbons (Fsp3) is 0.455. The van der Waals surface area contributed by atoms with Crippen molar-refractivity contribution in [1.29, 1.82) is 0 Å². The Hall–Kier alpha value is -1.42. The molecule has 2 nitrogen and oxygen atoms in total. The molecule has 1 aliphatic carbocycles. The van der Waals surface area contributed by atoms with Crippen LogP contribution in [-0.2, 0) is 14.6 Å². The van der Waals surface area contributed by atoms with Crippen molar-refractivity contribution in [3.05, 3.63) is 59.7 Å². The van der Waals surface area contributed by atoms with Gasteiger partial charge in [-0.3, -0.25) is 0 Å². The highest BCUT2D eigenvalue weighted by molar-refractivity contribution is 6.71. The number of fused-ring (bicyclic) bond motifs is 3. The highest BCUT2D eigenvalue weighted by atomic mass is 28.4. The molecule has 0 heterocycles. The summed E-state index contributed by atoms with van der Waals surface area (Å²) < 4.78 is 12.6. The number of rotatable bonds is 8. The van der Waals surface area contributed by atoms with Crippen LogP contribution in [0, 0.1) is 0 Å². The van der Waals surface area contributed by atoms with Gasteiger partial charge in [-0.2, -0.15) is 0 Å². The molecule has 0 aromatic heterocycles. The SMILES string of the molecule is CCC[Si](C)(C)OCC1(COCC)c2ccccc2-c2ccccc21. The van der Waals surface area contributed by atoms with E-state index in [2.05, 4.69) is 75.5 Å². The van der Waals surface area contributed by atoms with Crippen LogP contribution in [-0.4, -0.2) is 28.1 Å². The first kappa shape index (κ1) is 18.4. The van der Waals surface area contributed by atoms with Gasteiger partial charge in [-0.1, -0.05) is 61.9 Å². The Labute approximate surface area is 153 Å². The lowest BCUT2D eigenvalue weighted by atomic mass is 9.79. The van der Waals surface area contributed by atoms with Crippen LogP contribution in [0.5, 0.6) is 0 Å². The molecule has 0 N–H and O–H groups in total. The minimum absolute atomic E-state index is 0.193. The zero-order chi connectivity index (χ0) is 17.9. The molecule has 3 heteroatoms. The van der Waals surface area contributed by atoms with Crippen LogP contribution in [0.15, 0.2) is 48.5 Å². The molecule has 0 radical (unpaired) electrons. The number of ether oxygens (including phenoxy) is 1. The molecule has 0 fully saturated rings. The lowest BCUT2D eigenvalue weighted by molar-refractivity contribution is 0.0818. The van der Waals surface area contributed by atoms with Crippen molar-refractivity contribution < 1.29 is 9.16 Å². The van der Waals surface area contributed by atoms with Crippen molar-refractivity contribution >= 4 is 8.32 Å². The zero-order valence-corrected chi connectivity index (χ0v) is 17.0. The predicted octanol–water partition coefficient (Wildman–Crippen LogP) is 5.62. The Kier molecular flexibility index (Phi) is 5.47. The van der Waals surface area contributed by atoms with E-state index >= 15 is 0 Å². The Balaban J connectivity index is 2.05. The number of hydrogen-bond donors (Lipinski definition) is 0. The van der Waals surface area contributed by atoms with E-state index in [1.807, 2.05) is 0 Å². The van der Waals surface area contributed by atoms with Crippen molar-refractivity contribution in [3.63, 3.8) is 0 Å². The second kappa shape index (κ2) is 7.44. The molecular formula is C22H30O2Si. The maximum Gasteiger partial charge on any atom is 0.186 e. The minimum Gasteiger partial charge on any atom is -0.416 e. The lowest BCUT2D eigenvalue weighted by Crippen LogP contribution is -2.42. The summed E-state index contributed by atoms with van der Waals surface area (Å²) in [5.41, 5.74) is 5.17. The van der Waals surface area contributed by atoms with E-state index in [4.69, 9.17) is 9.16 Å². The van der Waals surface area contributed by atoms with E-state index < -0.39 is 8.32 Å². The maximum atomic E-state index is 6.63. The molecule has 0 unspecified atom stereocenters. The number of hydrogen-bond acceptors (Lipinski definition) is 2. The normalized spacial score (nSPS) is 15.0. The van der Waals surface area contributed by atoms with Crippen LogP contribution in [0.4, 0.5) is 0 Å². The molecule has 0 spiro atoms. The van der Waals surface area contributed by atoms with E-state index in [1.165, 1.54) is 34.7 Å². The van der Waals surface area contributed by atoms with Gasteiger partial charge in [-0.15, -0.1) is 0 Å². The standard InChI is InChI=1S/C22H30O2Si/c1-5-15-25(3,4)24-17-22(16-23-6-2)20-13-9-7-11-18(20)19-12-8-10-14-21(19)22/h7-14H,5-6,15-17H2,1-4H3. The summed E-state index contributed by atoms with van der Waals surface area (Å²) >= 11 is 0. The van der Waals surface area contributed by atoms with Crippen LogP contribution < -0.4 is 0 Å². The molecule has 134 valence electrons. The van der Waals surface area contributed by atoms with Crippen molar-refractivity contribution in [2.75, 3.05) is 19.8 Å². The van der Waals surface area contributed by atoms with Gasteiger partial charge in [-0.05, 0) is 48.3 Å². The predicted molar refractivity (Wildman–Crippen MR) is 108 cm³/mol. The van der Waals surface area contributed by atoms with Gasteiger partial charge in [0, 0.05) is 13.2 Å². The van der Waals surface area contributed by atoms with Crippen LogP contribution in [0.25, 0.3) is 11.1 Å². The molecule has 0 bridgehead atoms. The molecule has 3 rings (SSSR count). The molecule has 0 aliphatic heterocycles. The average Bonchev–Trinajstić information content (AvgIpc) is 2.89. The van der Waals surface area contributed by atoms with E-state index in [-0.39, 0.29) is 5.41 Å². The molecule has 2 aromatic carbocycles. The molecule has 0 saturated heterocycles. The van der Waals surface area contributed by atoms with Gasteiger partial charge in [-0.25, -0.2) is 0 Å². The van der Waals surface area contributed by atoms with E-state index in [9.17, 15) is 0 Å². The van der Waals surface area contributed by atoms with Gasteiger partial charge in [0.15, 0.2) is 8.32 Å². The summed E-state index contributed by atoms with van der Waals surface area (Å²) in [6.07, 6.45) is 1.19. The van der Waals surface area contributed by atoms with Crippen LogP contribution in [0.1, 0.15) is 31.4 Å². The fourth-order valence-corrected chi connectivity index (χ4v) is 6.02. The molecule has 1 aliphatic rings. The molecule has 2 aromatic rings. The average molecular weight is 355 g/mol. The Bertz CT molecular complexity index is 678. The highest BCUT2D eigenvalue weighted by Gasteiger charge is 2.44. The van der Waals surface area contributed by atoms with Crippen molar-refractivity contribution in [2.45, 2.75) is 44.8 Å². The minimum atomic E-state index is -1.66. The third-order valence-corrected chi connectivity index (χ3v) is 7.92. The molecule has 0 amide bonds. The Morgan fingerprint density at radius 2 is 1.40 bits per heavy atom. The summed E-state index contributed by atoms with van der Waals surface area (Å²) in [6.45, 7) is 11.1. The van der Waals surface area contributed by atoms with Crippen molar-refractivity contribution in [3.8, 4) is 11.1 Å². The van der Waals surface area contributed by atoms with Gasteiger partial charge in [0.25, 0.3) is 0 Å². The van der Waals surface area contributed by atoms with Gasteiger partial charge in [0.1, 0.15) is 0 Å². The number of benzene rings is 2. The largest absolute Gasteiger partial charge is 0.416 e. The third-order valence-electron chi connectivity index (χ3n) is 5.29. The molecule has 0 saturated carbocycles. The summed E-state index contributed by atoms with van der Waals surface area (Å²) in [7, 11) is -1.66. The first-order valence-electron chi connectivity index (χ1n) is 9.45. The lowest BCUT2D eigenvalue weighted by Gasteiger charge is -2.35. The third kappa shape index (κ3) is 3.46. The summed E-state index contributed by atoms with van der Waals surface area (Å²) in [5.74, 6) is 0. The van der Waals surface area contributed by atoms with Gasteiger partial charge >= 0.3 is 0 Å². The first-order valence-corrected chi connectivity index (χ1v) is 12.6. The zero-order valence-electron chi connectivity index (χ0n) is 16.0. The Morgan fingerprint density at radius 3 is 1.92 bits per heavy atom. The van der Waals surface area contributed by atoms with Crippen LogP contribution in [0.2, 0.25) is 19.1 Å². The van der Waals surface area contributed by atoms with Crippen LogP contribution in [0.3, 0.4) is 0 Å². The molecular weight excluding hydrogens is 324 g/mol. The van der Waals surface area contributed by atoms with Gasteiger partial charge in [0.2, 0.25) is 0 Å². The van der Waals surface area contributed by atoms with Crippen molar-refractivity contribution in [1.82, 2.24) is 0 Å². The van der Waals surface area contributed by atoms with E-state index in [0.29, 0.717) is 13.2 Å². The summed E-state index contributed by atoms with van der Waals surface area (Å²) in [4.78, 5) is 0. The summed E-state index contributed by atoms with van der Waals surface area (Å²) in [6, 6.07) is 18.7. The first-order chi connectivity index (χ1) is 12.0. The monoisotopic (exact) mass is 354 g/mol. The topological polar surface area (TPSA) is 18.5 Å². The quantitative estimate of drug-likeness (QED) is 0.573. The smallest absolute Gasteiger partial charge is 0.186 e. The summed E-state index contributed by atoms with van der Waals surface area (Å²) in [5, 5.41) is 0. The van der Waals surface area contributed by atoms with Crippen molar-refractivity contribution in [2.24, 2.45) is 0 Å². The molecule has 25 heavy (non-hydrogen) atoms. The van der Waals surface area contributed by atoms with E-state index in [0.717, 1.165) is 6.61 Å². The van der Waals surface area contributed by atoms with Crippen LogP contribution >= 0.6 is 0 Å². The van der Waals surface area contributed by atoms with Gasteiger partial charge < -0.3 is 9.16 Å².